The van der Waals surface area contributed by atoms with Gasteiger partial charge in [-0.3, -0.25) is 9.59 Å². The molecule has 0 aliphatic rings. The van der Waals surface area contributed by atoms with Crippen molar-refractivity contribution in [3.05, 3.63) is 12.2 Å². The predicted octanol–water partition coefficient (Wildman–Crippen LogP) is 1.61. The van der Waals surface area contributed by atoms with Crippen LogP contribution in [0.3, 0.4) is 0 Å². The monoisotopic (exact) mass is 258 g/mol. The van der Waals surface area contributed by atoms with Gasteiger partial charge >= 0.3 is 17.9 Å². The molecule has 102 valence electrons. The summed E-state index contributed by atoms with van der Waals surface area (Å²) in [5.41, 5.74) is -0.0347. The van der Waals surface area contributed by atoms with Gasteiger partial charge in [0, 0.05) is 5.57 Å². The van der Waals surface area contributed by atoms with Crippen molar-refractivity contribution in [2.75, 3.05) is 0 Å². The van der Waals surface area contributed by atoms with E-state index in [0.717, 1.165) is 0 Å². The van der Waals surface area contributed by atoms with Gasteiger partial charge in [-0.05, 0) is 25.7 Å². The van der Waals surface area contributed by atoms with Gasteiger partial charge < -0.3 is 15.3 Å². The zero-order valence-corrected chi connectivity index (χ0v) is 10.3. The predicted molar refractivity (Wildman–Crippen MR) is 63.2 cm³/mol. The highest BCUT2D eigenvalue weighted by atomic mass is 16.4. The molecule has 0 aromatic heterocycles. The van der Waals surface area contributed by atoms with Gasteiger partial charge in [-0.15, -0.1) is 0 Å². The third-order valence-corrected chi connectivity index (χ3v) is 2.82. The molecule has 6 heteroatoms. The fourth-order valence-electron chi connectivity index (χ4n) is 1.42. The summed E-state index contributed by atoms with van der Waals surface area (Å²) in [6, 6.07) is 0. The second-order valence-electron chi connectivity index (χ2n) is 4.30. The zero-order valence-electron chi connectivity index (χ0n) is 10.3. The number of carbonyl (C=O) groups is 3. The van der Waals surface area contributed by atoms with Crippen LogP contribution in [0.2, 0.25) is 0 Å². The van der Waals surface area contributed by atoms with Crippen LogP contribution in [0.1, 0.15) is 32.6 Å². The molecule has 0 fully saturated rings. The van der Waals surface area contributed by atoms with Crippen LogP contribution in [-0.4, -0.2) is 33.2 Å². The largest absolute Gasteiger partial charge is 0.481 e. The Morgan fingerprint density at radius 2 is 1.56 bits per heavy atom. The number of rotatable bonds is 9. The van der Waals surface area contributed by atoms with Crippen molar-refractivity contribution in [2.24, 2.45) is 11.8 Å². The van der Waals surface area contributed by atoms with E-state index in [0.29, 0.717) is 0 Å². The maximum Gasteiger partial charge on any atom is 0.330 e. The molecule has 0 saturated heterocycles. The molecule has 6 nitrogen and oxygen atoms in total. The van der Waals surface area contributed by atoms with Crippen molar-refractivity contribution in [2.45, 2.75) is 32.6 Å². The normalized spacial score (nSPS) is 13.6. The quantitative estimate of drug-likeness (QED) is 0.541. The van der Waals surface area contributed by atoms with Gasteiger partial charge in [-0.1, -0.05) is 13.5 Å². The van der Waals surface area contributed by atoms with E-state index in [1.165, 1.54) is 6.92 Å². The maximum atomic E-state index is 10.9. The minimum Gasteiger partial charge on any atom is -0.481 e. The summed E-state index contributed by atoms with van der Waals surface area (Å²) in [5.74, 6) is -4.48. The SMILES string of the molecule is C=C(CCC(CCC(C)C(=O)O)C(=O)O)C(=O)O. The van der Waals surface area contributed by atoms with Crippen molar-refractivity contribution >= 4 is 17.9 Å². The summed E-state index contributed by atoms with van der Waals surface area (Å²) >= 11 is 0. The van der Waals surface area contributed by atoms with Crippen molar-refractivity contribution in [3.63, 3.8) is 0 Å². The minimum absolute atomic E-state index is 0.0347. The van der Waals surface area contributed by atoms with Gasteiger partial charge in [0.1, 0.15) is 0 Å². The van der Waals surface area contributed by atoms with Crippen molar-refractivity contribution in [1.82, 2.24) is 0 Å². The maximum absolute atomic E-state index is 10.9. The minimum atomic E-state index is -1.14. The summed E-state index contributed by atoms with van der Waals surface area (Å²) in [4.78, 5) is 32.0. The van der Waals surface area contributed by atoms with Crippen LogP contribution in [0.25, 0.3) is 0 Å². The molecule has 0 aromatic carbocycles. The Labute approximate surface area is 105 Å². The van der Waals surface area contributed by atoms with Crippen LogP contribution in [0, 0.1) is 11.8 Å². The molecule has 3 N–H and O–H groups in total. The molecule has 0 aliphatic heterocycles. The first kappa shape index (κ1) is 16.1. The van der Waals surface area contributed by atoms with E-state index in [1.54, 1.807) is 0 Å². The average molecular weight is 258 g/mol. The lowest BCUT2D eigenvalue weighted by Crippen LogP contribution is -2.18. The fourth-order valence-corrected chi connectivity index (χ4v) is 1.42. The third kappa shape index (κ3) is 6.03. The molecule has 0 aromatic rings. The Balaban J connectivity index is 4.24. The van der Waals surface area contributed by atoms with E-state index in [-0.39, 0.29) is 31.3 Å². The lowest BCUT2D eigenvalue weighted by molar-refractivity contribution is -0.145. The summed E-state index contributed by atoms with van der Waals surface area (Å²) in [6.45, 7) is 4.83. The van der Waals surface area contributed by atoms with Gasteiger partial charge in [0.25, 0.3) is 0 Å². The molecule has 0 bridgehead atoms. The zero-order chi connectivity index (χ0) is 14.3. The first-order valence-electron chi connectivity index (χ1n) is 5.62. The van der Waals surface area contributed by atoms with E-state index < -0.39 is 29.7 Å². The molecule has 0 heterocycles. The third-order valence-electron chi connectivity index (χ3n) is 2.82. The smallest absolute Gasteiger partial charge is 0.330 e. The molecular formula is C12H18O6. The molecule has 0 rings (SSSR count). The van der Waals surface area contributed by atoms with Crippen LogP contribution < -0.4 is 0 Å². The first-order chi connectivity index (χ1) is 8.25. The molecule has 18 heavy (non-hydrogen) atoms. The van der Waals surface area contributed by atoms with Crippen molar-refractivity contribution in [1.29, 1.82) is 0 Å². The van der Waals surface area contributed by atoms with Gasteiger partial charge in [0.05, 0.1) is 11.8 Å². The highest BCUT2D eigenvalue weighted by Gasteiger charge is 2.21. The highest BCUT2D eigenvalue weighted by Crippen LogP contribution is 2.20. The van der Waals surface area contributed by atoms with Crippen LogP contribution in [0.15, 0.2) is 12.2 Å². The molecule has 0 radical (unpaired) electrons. The number of hydrogen-bond donors (Lipinski definition) is 3. The lowest BCUT2D eigenvalue weighted by Gasteiger charge is -2.13. The summed E-state index contributed by atoms with van der Waals surface area (Å²) in [6.07, 6.45) is 0.724. The number of aliphatic carboxylic acids is 3. The molecule has 2 unspecified atom stereocenters. The number of carboxylic acid groups (broad SMARTS) is 3. The molecule has 0 spiro atoms. The van der Waals surface area contributed by atoms with Crippen LogP contribution in [-0.2, 0) is 14.4 Å². The van der Waals surface area contributed by atoms with E-state index in [9.17, 15) is 14.4 Å². The van der Waals surface area contributed by atoms with Crippen LogP contribution in [0.5, 0.6) is 0 Å². The standard InChI is InChI=1S/C12H18O6/c1-7(10(13)14)3-5-9(12(17)18)6-4-8(2)11(15)16/h8-9H,1,3-6H2,2H3,(H,13,14)(H,15,16)(H,17,18). The Morgan fingerprint density at radius 1 is 1.00 bits per heavy atom. The van der Waals surface area contributed by atoms with E-state index in [4.69, 9.17) is 15.3 Å². The van der Waals surface area contributed by atoms with E-state index in [2.05, 4.69) is 6.58 Å². The van der Waals surface area contributed by atoms with Crippen molar-refractivity contribution < 1.29 is 29.7 Å². The lowest BCUT2D eigenvalue weighted by atomic mass is 9.92. The van der Waals surface area contributed by atoms with Gasteiger partial charge in [0.2, 0.25) is 0 Å². The Bertz CT molecular complexity index is 346. The molecule has 0 amide bonds. The highest BCUT2D eigenvalue weighted by molar-refractivity contribution is 5.85. The number of hydrogen-bond acceptors (Lipinski definition) is 3. The summed E-state index contributed by atoms with van der Waals surface area (Å²) in [5, 5.41) is 26.2. The topological polar surface area (TPSA) is 112 Å². The Morgan fingerprint density at radius 3 is 1.94 bits per heavy atom. The first-order valence-corrected chi connectivity index (χ1v) is 5.62. The Kier molecular flexibility index (Phi) is 6.70. The van der Waals surface area contributed by atoms with E-state index >= 15 is 0 Å². The fraction of sp³-hybridized carbons (Fsp3) is 0.583. The number of carboxylic acids is 3. The van der Waals surface area contributed by atoms with Crippen LogP contribution >= 0.6 is 0 Å². The molecule has 2 atom stereocenters. The van der Waals surface area contributed by atoms with E-state index in [1.807, 2.05) is 0 Å². The van der Waals surface area contributed by atoms with Gasteiger partial charge in [0.15, 0.2) is 0 Å². The van der Waals surface area contributed by atoms with Crippen LogP contribution in [0.4, 0.5) is 0 Å². The molecule has 0 saturated carbocycles. The summed E-state index contributed by atoms with van der Waals surface area (Å²) < 4.78 is 0. The Hall–Kier alpha value is -1.85. The second-order valence-corrected chi connectivity index (χ2v) is 4.30. The molecular weight excluding hydrogens is 240 g/mol. The molecule has 0 aliphatic carbocycles. The second kappa shape index (κ2) is 7.47. The summed E-state index contributed by atoms with van der Waals surface area (Å²) in [7, 11) is 0. The van der Waals surface area contributed by atoms with Gasteiger partial charge in [-0.2, -0.15) is 0 Å². The van der Waals surface area contributed by atoms with Crippen molar-refractivity contribution in [3.8, 4) is 0 Å². The average Bonchev–Trinajstić information content (AvgIpc) is 2.27. The van der Waals surface area contributed by atoms with Gasteiger partial charge in [-0.25, -0.2) is 4.79 Å².